The Balaban J connectivity index is 2.25. The molecule has 1 aromatic carbocycles. The molecule has 2 aromatic rings. The van der Waals surface area contributed by atoms with Crippen LogP contribution in [0, 0.1) is 6.92 Å². The lowest BCUT2D eigenvalue weighted by Crippen LogP contribution is -1.93. The first kappa shape index (κ1) is 15.4. The van der Waals surface area contributed by atoms with E-state index in [9.17, 15) is 4.79 Å². The van der Waals surface area contributed by atoms with Gasteiger partial charge in [0.1, 0.15) is 5.75 Å². The second-order valence-corrected chi connectivity index (χ2v) is 5.08. The van der Waals surface area contributed by atoms with Crippen LogP contribution in [0.3, 0.4) is 0 Å². The van der Waals surface area contributed by atoms with Gasteiger partial charge in [-0.1, -0.05) is 23.2 Å². The van der Waals surface area contributed by atoms with E-state index in [1.807, 2.05) is 0 Å². The zero-order valence-corrected chi connectivity index (χ0v) is 12.5. The van der Waals surface area contributed by atoms with Gasteiger partial charge in [-0.15, -0.1) is 0 Å². The first-order valence-corrected chi connectivity index (χ1v) is 6.72. The molecule has 6 heteroatoms. The van der Waals surface area contributed by atoms with E-state index in [2.05, 4.69) is 4.98 Å². The summed E-state index contributed by atoms with van der Waals surface area (Å²) in [5.41, 5.74) is 1.41. The van der Waals surface area contributed by atoms with Crippen molar-refractivity contribution in [3.05, 3.63) is 57.7 Å². The first-order valence-electron chi connectivity index (χ1n) is 5.96. The van der Waals surface area contributed by atoms with Gasteiger partial charge in [0.05, 0.1) is 5.02 Å². The van der Waals surface area contributed by atoms with Crippen LogP contribution in [0.5, 0.6) is 11.6 Å². The standard InChI is InChI=1S/C15H11Cl2NO3/c1-9-6-10(2-5-14(19)20)8-18-15(9)21-13-7-11(16)3-4-12(13)17/h2-8H,1H3,(H,19,20)/b5-2+. The van der Waals surface area contributed by atoms with Gasteiger partial charge >= 0.3 is 5.97 Å². The third-order valence-corrected chi connectivity index (χ3v) is 3.12. The van der Waals surface area contributed by atoms with E-state index in [-0.39, 0.29) is 0 Å². The number of pyridine rings is 1. The highest BCUT2D eigenvalue weighted by atomic mass is 35.5. The molecule has 0 fully saturated rings. The average Bonchev–Trinajstić information content (AvgIpc) is 2.43. The summed E-state index contributed by atoms with van der Waals surface area (Å²) in [7, 11) is 0. The number of aromatic nitrogens is 1. The molecule has 0 aliphatic heterocycles. The van der Waals surface area contributed by atoms with Crippen molar-refractivity contribution in [2.75, 3.05) is 0 Å². The van der Waals surface area contributed by atoms with Crippen LogP contribution in [0.25, 0.3) is 6.08 Å². The van der Waals surface area contributed by atoms with Gasteiger partial charge in [0.2, 0.25) is 5.88 Å². The summed E-state index contributed by atoms with van der Waals surface area (Å²) in [6, 6.07) is 6.67. The third kappa shape index (κ3) is 4.21. The molecule has 0 unspecified atom stereocenters. The Bertz CT molecular complexity index is 714. The number of aliphatic carboxylic acids is 1. The van der Waals surface area contributed by atoms with Gasteiger partial charge in [-0.25, -0.2) is 9.78 Å². The van der Waals surface area contributed by atoms with E-state index in [0.717, 1.165) is 11.6 Å². The lowest BCUT2D eigenvalue weighted by molar-refractivity contribution is -0.131. The molecule has 4 nitrogen and oxygen atoms in total. The maximum atomic E-state index is 10.5. The summed E-state index contributed by atoms with van der Waals surface area (Å²) >= 11 is 11.9. The lowest BCUT2D eigenvalue weighted by Gasteiger charge is -2.09. The average molecular weight is 324 g/mol. The minimum Gasteiger partial charge on any atom is -0.478 e. The Morgan fingerprint density at radius 3 is 2.76 bits per heavy atom. The van der Waals surface area contributed by atoms with Crippen LogP contribution in [0.4, 0.5) is 0 Å². The predicted octanol–water partition coefficient (Wildman–Crippen LogP) is 4.59. The summed E-state index contributed by atoms with van der Waals surface area (Å²) in [4.78, 5) is 14.6. The van der Waals surface area contributed by atoms with E-state index in [4.69, 9.17) is 33.0 Å². The van der Waals surface area contributed by atoms with Crippen molar-refractivity contribution in [1.82, 2.24) is 4.98 Å². The fraction of sp³-hybridized carbons (Fsp3) is 0.0667. The highest BCUT2D eigenvalue weighted by Gasteiger charge is 2.08. The molecule has 0 saturated carbocycles. The summed E-state index contributed by atoms with van der Waals surface area (Å²) < 4.78 is 5.63. The molecule has 2 rings (SSSR count). The number of carbonyl (C=O) groups is 1. The van der Waals surface area contributed by atoms with Crippen LogP contribution in [0.15, 0.2) is 36.5 Å². The third-order valence-electron chi connectivity index (χ3n) is 2.57. The summed E-state index contributed by atoms with van der Waals surface area (Å²) in [6.07, 6.45) is 4.02. The van der Waals surface area contributed by atoms with Gasteiger partial charge in [0.15, 0.2) is 0 Å². The Morgan fingerprint density at radius 2 is 2.10 bits per heavy atom. The quantitative estimate of drug-likeness (QED) is 0.836. The van der Waals surface area contributed by atoms with Crippen LogP contribution >= 0.6 is 23.2 Å². The Labute approximate surface area is 131 Å². The number of rotatable bonds is 4. The topological polar surface area (TPSA) is 59.4 Å². The van der Waals surface area contributed by atoms with E-state index < -0.39 is 5.97 Å². The molecule has 1 heterocycles. The van der Waals surface area contributed by atoms with Crippen LogP contribution < -0.4 is 4.74 Å². The van der Waals surface area contributed by atoms with Crippen molar-refractivity contribution < 1.29 is 14.6 Å². The van der Waals surface area contributed by atoms with Crippen LogP contribution in [-0.4, -0.2) is 16.1 Å². The van der Waals surface area contributed by atoms with E-state index in [1.54, 1.807) is 31.2 Å². The van der Waals surface area contributed by atoms with Crippen LogP contribution in [0.2, 0.25) is 10.0 Å². The van der Waals surface area contributed by atoms with Crippen molar-refractivity contribution >= 4 is 35.2 Å². The molecule has 0 aliphatic carbocycles. The monoisotopic (exact) mass is 323 g/mol. The number of hydrogen-bond acceptors (Lipinski definition) is 3. The maximum absolute atomic E-state index is 10.5. The SMILES string of the molecule is Cc1cc(/C=C/C(=O)O)cnc1Oc1cc(Cl)ccc1Cl. The number of carboxylic acid groups (broad SMARTS) is 1. The summed E-state index contributed by atoms with van der Waals surface area (Å²) in [5.74, 6) is -0.223. The van der Waals surface area contributed by atoms with Gasteiger partial charge in [0.25, 0.3) is 0 Å². The number of ether oxygens (including phenoxy) is 1. The Morgan fingerprint density at radius 1 is 1.33 bits per heavy atom. The number of nitrogens with zero attached hydrogens (tertiary/aromatic N) is 1. The second kappa shape index (κ2) is 6.61. The van der Waals surface area contributed by atoms with Gasteiger partial charge in [-0.05, 0) is 36.8 Å². The summed E-state index contributed by atoms with van der Waals surface area (Å²) in [6.45, 7) is 1.80. The predicted molar refractivity (Wildman–Crippen MR) is 82.2 cm³/mol. The molecule has 0 aliphatic rings. The number of benzene rings is 1. The van der Waals surface area contributed by atoms with Crippen molar-refractivity contribution in [1.29, 1.82) is 0 Å². The van der Waals surface area contributed by atoms with Crippen molar-refractivity contribution in [2.45, 2.75) is 6.92 Å². The van der Waals surface area contributed by atoms with E-state index >= 15 is 0 Å². The molecular weight excluding hydrogens is 313 g/mol. The van der Waals surface area contributed by atoms with E-state index in [1.165, 1.54) is 12.3 Å². The highest BCUT2D eigenvalue weighted by Crippen LogP contribution is 2.32. The molecule has 108 valence electrons. The molecule has 0 amide bonds. The number of aryl methyl sites for hydroxylation is 1. The minimum absolute atomic E-state index is 0.381. The smallest absolute Gasteiger partial charge is 0.328 e. The maximum Gasteiger partial charge on any atom is 0.328 e. The fourth-order valence-electron chi connectivity index (χ4n) is 1.61. The minimum atomic E-state index is -1.02. The normalized spacial score (nSPS) is 10.8. The molecule has 0 atom stereocenters. The first-order chi connectivity index (χ1) is 9.95. The number of carboxylic acids is 1. The van der Waals surface area contributed by atoms with Gasteiger partial charge in [-0.3, -0.25) is 0 Å². The zero-order valence-electron chi connectivity index (χ0n) is 11.0. The molecule has 0 saturated heterocycles. The van der Waals surface area contributed by atoms with Gasteiger partial charge in [0, 0.05) is 28.9 Å². The fourth-order valence-corrected chi connectivity index (χ4v) is 1.93. The van der Waals surface area contributed by atoms with Gasteiger partial charge < -0.3 is 9.84 Å². The van der Waals surface area contributed by atoms with Crippen molar-refractivity contribution in [2.24, 2.45) is 0 Å². The van der Waals surface area contributed by atoms with E-state index in [0.29, 0.717) is 27.2 Å². The molecule has 0 radical (unpaired) electrons. The van der Waals surface area contributed by atoms with Crippen molar-refractivity contribution in [3.63, 3.8) is 0 Å². The Kier molecular flexibility index (Phi) is 4.83. The largest absolute Gasteiger partial charge is 0.478 e. The number of halogens is 2. The second-order valence-electron chi connectivity index (χ2n) is 4.24. The van der Waals surface area contributed by atoms with Crippen molar-refractivity contribution in [3.8, 4) is 11.6 Å². The zero-order chi connectivity index (χ0) is 15.4. The Hall–Kier alpha value is -2.04. The van der Waals surface area contributed by atoms with Crippen LogP contribution in [-0.2, 0) is 4.79 Å². The molecule has 1 N–H and O–H groups in total. The molecule has 21 heavy (non-hydrogen) atoms. The molecular formula is C15H11Cl2NO3. The number of hydrogen-bond donors (Lipinski definition) is 1. The van der Waals surface area contributed by atoms with Gasteiger partial charge in [-0.2, -0.15) is 0 Å². The summed E-state index contributed by atoms with van der Waals surface area (Å²) in [5, 5.41) is 9.52. The highest BCUT2D eigenvalue weighted by molar-refractivity contribution is 6.34. The molecule has 0 bridgehead atoms. The molecule has 1 aromatic heterocycles. The molecule has 0 spiro atoms. The van der Waals surface area contributed by atoms with Crippen LogP contribution in [0.1, 0.15) is 11.1 Å². The lowest BCUT2D eigenvalue weighted by atomic mass is 10.2.